The number of rotatable bonds is 5. The Hall–Kier alpha value is -1.55. The monoisotopic (exact) mass is 273 g/mol. The first kappa shape index (κ1) is 13.4. The fourth-order valence-electron chi connectivity index (χ4n) is 3.05. The van der Waals surface area contributed by atoms with Crippen LogP contribution < -0.4 is 10.2 Å². The zero-order chi connectivity index (χ0) is 14.1. The van der Waals surface area contributed by atoms with Crippen LogP contribution in [0.25, 0.3) is 0 Å². The molecule has 0 bridgehead atoms. The minimum Gasteiger partial charge on any atom is -0.323 e. The lowest BCUT2D eigenvalue weighted by Gasteiger charge is -2.37. The first-order valence-corrected chi connectivity index (χ1v) is 7.54. The van der Waals surface area contributed by atoms with Gasteiger partial charge in [0.1, 0.15) is 0 Å². The van der Waals surface area contributed by atoms with Crippen LogP contribution in [0, 0.1) is 5.92 Å². The molecule has 0 radical (unpaired) electrons. The number of hydrogen-bond acceptors (Lipinski definition) is 2. The van der Waals surface area contributed by atoms with Crippen LogP contribution in [0.15, 0.2) is 24.3 Å². The Balaban J connectivity index is 1.84. The van der Waals surface area contributed by atoms with E-state index < -0.39 is 0 Å². The van der Waals surface area contributed by atoms with Gasteiger partial charge in [0.2, 0.25) is 0 Å². The van der Waals surface area contributed by atoms with Crippen LogP contribution in [0.5, 0.6) is 0 Å². The van der Waals surface area contributed by atoms with E-state index in [-0.39, 0.29) is 6.03 Å². The van der Waals surface area contributed by atoms with Gasteiger partial charge in [-0.05, 0) is 36.9 Å². The number of benzene rings is 1. The second-order valence-corrected chi connectivity index (χ2v) is 5.88. The number of likely N-dealkylation sites (N-methyl/N-ethyl adjacent to an activating group) is 1. The minimum absolute atomic E-state index is 0.118. The van der Waals surface area contributed by atoms with E-state index in [1.165, 1.54) is 18.4 Å². The van der Waals surface area contributed by atoms with Crippen molar-refractivity contribution < 1.29 is 4.79 Å². The molecule has 2 aliphatic rings. The maximum absolute atomic E-state index is 12.5. The number of nitrogens with zero attached hydrogens (tertiary/aromatic N) is 2. The molecule has 1 unspecified atom stereocenters. The van der Waals surface area contributed by atoms with Crippen molar-refractivity contribution in [2.45, 2.75) is 32.4 Å². The summed E-state index contributed by atoms with van der Waals surface area (Å²) in [6.07, 6.45) is 2.58. The van der Waals surface area contributed by atoms with Gasteiger partial charge in [0, 0.05) is 26.2 Å². The van der Waals surface area contributed by atoms with Crippen molar-refractivity contribution in [2.24, 2.45) is 5.92 Å². The van der Waals surface area contributed by atoms with E-state index in [0.29, 0.717) is 12.6 Å². The van der Waals surface area contributed by atoms with Gasteiger partial charge in [-0.2, -0.15) is 0 Å². The first-order valence-electron chi connectivity index (χ1n) is 7.54. The molecule has 108 valence electrons. The number of carbonyl (C=O) groups excluding carboxylic acids is 1. The average Bonchev–Trinajstić information content (AvgIpc) is 3.27. The van der Waals surface area contributed by atoms with Crippen LogP contribution in [0.3, 0.4) is 0 Å². The number of amides is 2. The van der Waals surface area contributed by atoms with Crippen molar-refractivity contribution in [3.05, 3.63) is 29.8 Å². The highest BCUT2D eigenvalue weighted by atomic mass is 16.2. The van der Waals surface area contributed by atoms with E-state index >= 15 is 0 Å². The highest BCUT2D eigenvalue weighted by molar-refractivity contribution is 5.94. The molecule has 1 saturated carbocycles. The summed E-state index contributed by atoms with van der Waals surface area (Å²) in [5.41, 5.74) is 2.32. The zero-order valence-electron chi connectivity index (χ0n) is 12.3. The van der Waals surface area contributed by atoms with E-state index in [9.17, 15) is 4.79 Å². The topological polar surface area (TPSA) is 35.6 Å². The normalized spacial score (nSPS) is 20.0. The molecule has 1 heterocycles. The molecule has 0 aromatic heterocycles. The number of para-hydroxylation sites is 1. The van der Waals surface area contributed by atoms with Crippen LogP contribution >= 0.6 is 0 Å². The van der Waals surface area contributed by atoms with E-state index in [1.807, 2.05) is 24.1 Å². The first-order chi connectivity index (χ1) is 9.70. The molecule has 1 aromatic carbocycles. The lowest BCUT2D eigenvalue weighted by atomic mass is 10.1. The van der Waals surface area contributed by atoms with Gasteiger partial charge in [0.15, 0.2) is 0 Å². The van der Waals surface area contributed by atoms with Gasteiger partial charge in [-0.15, -0.1) is 0 Å². The third kappa shape index (κ3) is 2.52. The van der Waals surface area contributed by atoms with Crippen LogP contribution in [-0.4, -0.2) is 37.1 Å². The number of carbonyl (C=O) groups is 1. The van der Waals surface area contributed by atoms with Crippen LogP contribution in [0.2, 0.25) is 0 Å². The molecule has 1 N–H and O–H groups in total. The van der Waals surface area contributed by atoms with Gasteiger partial charge >= 0.3 is 6.03 Å². The molecule has 1 fully saturated rings. The standard InChI is InChI=1S/C16H23N3O/c1-3-17-14(12-8-9-12)11-19-15-7-5-4-6-13(15)10-18(2)16(19)20/h4-7,12,14,17H,3,8-11H2,1-2H3. The molecule has 20 heavy (non-hydrogen) atoms. The van der Waals surface area contributed by atoms with Crippen molar-refractivity contribution >= 4 is 11.7 Å². The van der Waals surface area contributed by atoms with Crippen molar-refractivity contribution in [1.82, 2.24) is 10.2 Å². The van der Waals surface area contributed by atoms with Crippen molar-refractivity contribution in [3.63, 3.8) is 0 Å². The molecule has 1 aromatic rings. The minimum atomic E-state index is 0.118. The summed E-state index contributed by atoms with van der Waals surface area (Å²) in [7, 11) is 1.88. The number of anilines is 1. The largest absolute Gasteiger partial charge is 0.324 e. The van der Waals surface area contributed by atoms with E-state index in [0.717, 1.165) is 24.7 Å². The predicted molar refractivity (Wildman–Crippen MR) is 80.8 cm³/mol. The van der Waals surface area contributed by atoms with Gasteiger partial charge < -0.3 is 10.2 Å². The maximum atomic E-state index is 12.5. The summed E-state index contributed by atoms with van der Waals surface area (Å²) in [4.78, 5) is 16.2. The van der Waals surface area contributed by atoms with Gasteiger partial charge in [-0.1, -0.05) is 25.1 Å². The Labute approximate surface area is 120 Å². The third-order valence-electron chi connectivity index (χ3n) is 4.28. The summed E-state index contributed by atoms with van der Waals surface area (Å²) in [5.74, 6) is 0.738. The molecular formula is C16H23N3O. The molecule has 3 rings (SSSR count). The summed E-state index contributed by atoms with van der Waals surface area (Å²) in [6.45, 7) is 4.58. The van der Waals surface area contributed by atoms with Crippen molar-refractivity contribution in [2.75, 3.05) is 25.0 Å². The molecule has 2 amide bonds. The smallest absolute Gasteiger partial charge is 0.323 e. The van der Waals surface area contributed by atoms with Gasteiger partial charge in [0.25, 0.3) is 0 Å². The second-order valence-electron chi connectivity index (χ2n) is 5.88. The van der Waals surface area contributed by atoms with Gasteiger partial charge in [-0.3, -0.25) is 4.90 Å². The fourth-order valence-corrected chi connectivity index (χ4v) is 3.05. The maximum Gasteiger partial charge on any atom is 0.324 e. The van der Waals surface area contributed by atoms with E-state index in [2.05, 4.69) is 24.4 Å². The summed E-state index contributed by atoms with van der Waals surface area (Å²) < 4.78 is 0. The van der Waals surface area contributed by atoms with Gasteiger partial charge in [0.05, 0.1) is 5.69 Å². The average molecular weight is 273 g/mol. The Morgan fingerprint density at radius 1 is 1.35 bits per heavy atom. The number of urea groups is 1. The highest BCUT2D eigenvalue weighted by Crippen LogP contribution is 2.35. The van der Waals surface area contributed by atoms with Crippen LogP contribution in [-0.2, 0) is 6.54 Å². The highest BCUT2D eigenvalue weighted by Gasteiger charge is 2.35. The van der Waals surface area contributed by atoms with Crippen LogP contribution in [0.1, 0.15) is 25.3 Å². The number of nitrogens with one attached hydrogen (secondary N) is 1. The van der Waals surface area contributed by atoms with E-state index in [1.54, 1.807) is 4.90 Å². The van der Waals surface area contributed by atoms with Gasteiger partial charge in [-0.25, -0.2) is 4.79 Å². The lowest BCUT2D eigenvalue weighted by Crippen LogP contribution is -2.51. The molecule has 4 nitrogen and oxygen atoms in total. The fraction of sp³-hybridized carbons (Fsp3) is 0.562. The lowest BCUT2D eigenvalue weighted by molar-refractivity contribution is 0.209. The summed E-state index contributed by atoms with van der Waals surface area (Å²) in [5, 5.41) is 3.55. The summed E-state index contributed by atoms with van der Waals surface area (Å²) in [6, 6.07) is 8.78. The number of hydrogen-bond donors (Lipinski definition) is 1. The number of fused-ring (bicyclic) bond motifs is 1. The molecular weight excluding hydrogens is 250 g/mol. The molecule has 1 aliphatic carbocycles. The Morgan fingerprint density at radius 2 is 2.10 bits per heavy atom. The van der Waals surface area contributed by atoms with Crippen molar-refractivity contribution in [1.29, 1.82) is 0 Å². The van der Waals surface area contributed by atoms with Crippen molar-refractivity contribution in [3.8, 4) is 0 Å². The molecule has 0 spiro atoms. The molecule has 0 saturated heterocycles. The second kappa shape index (κ2) is 5.44. The molecule has 1 aliphatic heterocycles. The Morgan fingerprint density at radius 3 is 2.80 bits per heavy atom. The summed E-state index contributed by atoms with van der Waals surface area (Å²) >= 11 is 0. The zero-order valence-corrected chi connectivity index (χ0v) is 12.3. The Bertz CT molecular complexity index is 498. The van der Waals surface area contributed by atoms with Crippen LogP contribution in [0.4, 0.5) is 10.5 Å². The van der Waals surface area contributed by atoms with E-state index in [4.69, 9.17) is 0 Å². The SMILES string of the molecule is CCNC(CN1C(=O)N(C)Cc2ccccc21)C1CC1. The molecule has 4 heteroatoms. The molecule has 1 atom stereocenters. The quantitative estimate of drug-likeness (QED) is 0.894. The third-order valence-corrected chi connectivity index (χ3v) is 4.28. The Kier molecular flexibility index (Phi) is 3.66. The predicted octanol–water partition coefficient (Wildman–Crippen LogP) is 2.45.